The van der Waals surface area contributed by atoms with Gasteiger partial charge in [-0.2, -0.15) is 4.21 Å². The van der Waals surface area contributed by atoms with Gasteiger partial charge in [0.2, 0.25) is 6.86 Å². The molecule has 0 saturated heterocycles. The summed E-state index contributed by atoms with van der Waals surface area (Å²) in [6, 6.07) is 0. The van der Waals surface area contributed by atoms with Crippen molar-refractivity contribution in [1.29, 1.82) is 0 Å². The van der Waals surface area contributed by atoms with Crippen LogP contribution in [-0.4, -0.2) is 24.4 Å². The van der Waals surface area contributed by atoms with Crippen LogP contribution in [0, 0.1) is 0 Å². The monoisotopic (exact) mass is 160 g/mol. The summed E-state index contributed by atoms with van der Waals surface area (Å²) in [5, 5.41) is 0. The van der Waals surface area contributed by atoms with Crippen LogP contribution in [0.25, 0.3) is 0 Å². The van der Waals surface area contributed by atoms with Crippen LogP contribution >= 0.6 is 0 Å². The summed E-state index contributed by atoms with van der Waals surface area (Å²) in [7, 11) is 0. The first kappa shape index (κ1) is 8.93. The Morgan fingerprint density at radius 3 is 2.44 bits per heavy atom. The highest BCUT2D eigenvalue weighted by Gasteiger charge is 1.97. The van der Waals surface area contributed by atoms with Crippen molar-refractivity contribution in [2.24, 2.45) is 0 Å². The smallest absolute Gasteiger partial charge is 0.266 e. The van der Waals surface area contributed by atoms with Crippen molar-refractivity contribution in [3.63, 3.8) is 0 Å². The van der Waals surface area contributed by atoms with Gasteiger partial charge in [-0.15, -0.1) is 0 Å². The summed E-state index contributed by atoms with van der Waals surface area (Å²) in [5.74, 6) is 0. The van der Waals surface area contributed by atoms with E-state index in [1.807, 2.05) is 0 Å². The Bertz CT molecular complexity index is 89.1. The maximum absolute atomic E-state index is 11.2. The second kappa shape index (κ2) is 6.06. The van der Waals surface area contributed by atoms with Crippen LogP contribution in [0.5, 0.6) is 0 Å². The summed E-state index contributed by atoms with van der Waals surface area (Å²) < 4.78 is 40.2. The van der Waals surface area contributed by atoms with Crippen molar-refractivity contribution in [1.82, 2.24) is 0 Å². The van der Waals surface area contributed by atoms with Gasteiger partial charge in [0.15, 0.2) is 0 Å². The Labute approximate surface area is 53.8 Å². The molecule has 0 aliphatic carbocycles. The molecule has 6 heteroatoms. The zero-order valence-corrected chi connectivity index (χ0v) is 5.33. The van der Waals surface area contributed by atoms with Gasteiger partial charge in [0.05, 0.1) is 6.61 Å². The molecule has 0 bridgehead atoms. The molecular formula is C3H6F2O3S. The van der Waals surface area contributed by atoms with Gasteiger partial charge in [-0.05, 0) is 0 Å². The average Bonchev–Trinajstić information content (AvgIpc) is 1.85. The van der Waals surface area contributed by atoms with Gasteiger partial charge >= 0.3 is 11.4 Å². The largest absolute Gasteiger partial charge is 0.307 e. The number of halogens is 2. The quantitative estimate of drug-likeness (QED) is 0.587. The summed E-state index contributed by atoms with van der Waals surface area (Å²) in [6.45, 7) is -2.30. The number of rotatable bonds is 5. The molecule has 56 valence electrons. The fourth-order valence-corrected chi connectivity index (χ4v) is 0.510. The fourth-order valence-electron chi connectivity index (χ4n) is 0.170. The van der Waals surface area contributed by atoms with Gasteiger partial charge in [0, 0.05) is 0 Å². The molecular weight excluding hydrogens is 154 g/mol. The first-order valence-corrected chi connectivity index (χ1v) is 3.11. The molecule has 1 unspecified atom stereocenters. The third kappa shape index (κ3) is 5.81. The molecule has 1 atom stereocenters. The van der Waals surface area contributed by atoms with Crippen molar-refractivity contribution in [2.75, 3.05) is 20.1 Å². The van der Waals surface area contributed by atoms with Crippen molar-refractivity contribution in [3.8, 4) is 0 Å². The highest BCUT2D eigenvalue weighted by molar-refractivity contribution is 7.75. The number of hydrogen-bond donors (Lipinski definition) is 0. The summed E-state index contributed by atoms with van der Waals surface area (Å²) in [6.07, 6.45) is 0. The van der Waals surface area contributed by atoms with E-state index in [0.717, 1.165) is 0 Å². The Hall–Kier alpha value is -0.0700. The van der Waals surface area contributed by atoms with E-state index >= 15 is 0 Å². The van der Waals surface area contributed by atoms with Crippen LogP contribution < -0.4 is 0 Å². The van der Waals surface area contributed by atoms with Gasteiger partial charge in [0.1, 0.15) is 6.67 Å². The molecule has 0 radical (unpaired) electrons. The zero-order valence-electron chi connectivity index (χ0n) is 4.51. The van der Waals surface area contributed by atoms with E-state index in [1.165, 1.54) is 0 Å². The Morgan fingerprint density at radius 2 is 2.00 bits per heavy atom. The van der Waals surface area contributed by atoms with Crippen molar-refractivity contribution >= 4 is 11.4 Å². The lowest BCUT2D eigenvalue weighted by atomic mass is 10.9. The molecule has 0 spiro atoms. The summed E-state index contributed by atoms with van der Waals surface area (Å²) >= 11 is -2.13. The highest BCUT2D eigenvalue weighted by Crippen LogP contribution is 1.88. The predicted octanol–water partition coefficient (Wildman–Crippen LogP) is 0.495. The zero-order chi connectivity index (χ0) is 7.11. The summed E-state index contributed by atoms with van der Waals surface area (Å²) in [5.41, 5.74) is 0. The minimum Gasteiger partial charge on any atom is -0.266 e. The molecule has 0 saturated carbocycles. The normalized spacial score (nSPS) is 13.6. The van der Waals surface area contributed by atoms with Gasteiger partial charge in [-0.25, -0.2) is 13.0 Å². The lowest BCUT2D eigenvalue weighted by Gasteiger charge is -1.95. The molecule has 3 nitrogen and oxygen atoms in total. The first-order valence-electron chi connectivity index (χ1n) is 2.11. The van der Waals surface area contributed by atoms with Gasteiger partial charge < -0.3 is 0 Å². The fraction of sp³-hybridized carbons (Fsp3) is 1.00. The topological polar surface area (TPSA) is 35.5 Å². The molecule has 0 aliphatic heterocycles. The van der Waals surface area contributed by atoms with E-state index in [1.54, 1.807) is 0 Å². The second-order valence-corrected chi connectivity index (χ2v) is 1.82. The van der Waals surface area contributed by atoms with Gasteiger partial charge in [-0.3, -0.25) is 4.18 Å². The molecule has 0 heterocycles. The van der Waals surface area contributed by atoms with Crippen LogP contribution in [0.4, 0.5) is 8.78 Å². The predicted molar refractivity (Wildman–Crippen MR) is 27.1 cm³/mol. The van der Waals surface area contributed by atoms with E-state index in [4.69, 9.17) is 0 Å². The Balaban J connectivity index is 3.06. The van der Waals surface area contributed by atoms with Crippen LogP contribution in [0.1, 0.15) is 0 Å². The minimum absolute atomic E-state index is 0.341. The molecule has 0 aromatic heterocycles. The molecule has 9 heavy (non-hydrogen) atoms. The van der Waals surface area contributed by atoms with E-state index < -0.39 is 24.9 Å². The van der Waals surface area contributed by atoms with E-state index in [2.05, 4.69) is 8.37 Å². The summed E-state index contributed by atoms with van der Waals surface area (Å²) in [4.78, 5) is 0. The van der Waals surface area contributed by atoms with Crippen LogP contribution in [0.2, 0.25) is 0 Å². The number of hydrogen-bond acceptors (Lipinski definition) is 3. The third-order valence-electron chi connectivity index (χ3n) is 0.397. The third-order valence-corrected chi connectivity index (χ3v) is 1.04. The molecule has 0 aromatic carbocycles. The standard InChI is InChI=1S/C3H6F2O3S/c4-1-2-7-9(6)8-3-5/h1-3H2. The molecule has 0 amide bonds. The second-order valence-electron chi connectivity index (χ2n) is 0.942. The van der Waals surface area contributed by atoms with Crippen molar-refractivity contribution < 1.29 is 21.4 Å². The Morgan fingerprint density at radius 1 is 1.33 bits per heavy atom. The highest BCUT2D eigenvalue weighted by atomic mass is 32.2. The maximum atomic E-state index is 11.2. The van der Waals surface area contributed by atoms with Gasteiger partial charge in [0.25, 0.3) is 0 Å². The van der Waals surface area contributed by atoms with Crippen molar-refractivity contribution in [2.45, 2.75) is 0 Å². The molecule has 0 rings (SSSR count). The van der Waals surface area contributed by atoms with Crippen molar-refractivity contribution in [3.05, 3.63) is 0 Å². The van der Waals surface area contributed by atoms with Gasteiger partial charge in [-0.1, -0.05) is 0 Å². The maximum Gasteiger partial charge on any atom is 0.307 e. The number of alkyl halides is 2. The average molecular weight is 160 g/mol. The SMILES string of the molecule is O=S(OCF)OCCF. The minimum atomic E-state index is -2.13. The van der Waals surface area contributed by atoms with E-state index in [0.29, 0.717) is 0 Å². The molecule has 0 N–H and O–H groups in total. The van der Waals surface area contributed by atoms with Crippen LogP contribution in [-0.2, 0) is 19.7 Å². The molecule has 0 aromatic rings. The van der Waals surface area contributed by atoms with Crippen LogP contribution in [0.15, 0.2) is 0 Å². The molecule has 0 aliphatic rings. The Kier molecular flexibility index (Phi) is 6.01. The lowest BCUT2D eigenvalue weighted by molar-refractivity contribution is 0.169. The van der Waals surface area contributed by atoms with E-state index in [9.17, 15) is 13.0 Å². The molecule has 0 fully saturated rings. The first-order chi connectivity index (χ1) is 4.31. The van der Waals surface area contributed by atoms with E-state index in [-0.39, 0.29) is 6.61 Å². The lowest BCUT2D eigenvalue weighted by Crippen LogP contribution is -2.03. The van der Waals surface area contributed by atoms with Crippen LogP contribution in [0.3, 0.4) is 0 Å².